The highest BCUT2D eigenvalue weighted by Crippen LogP contribution is 2.26. The Bertz CT molecular complexity index is 450. The molecule has 1 amide bonds. The van der Waals surface area contributed by atoms with Crippen LogP contribution in [0.15, 0.2) is 24.3 Å². The Hall–Kier alpha value is -1.46. The van der Waals surface area contributed by atoms with Gasteiger partial charge in [0.1, 0.15) is 5.82 Å². The van der Waals surface area contributed by atoms with Gasteiger partial charge in [-0.1, -0.05) is 18.2 Å². The van der Waals surface area contributed by atoms with Crippen molar-refractivity contribution >= 4 is 5.91 Å². The molecule has 19 heavy (non-hydrogen) atoms. The van der Waals surface area contributed by atoms with Crippen molar-refractivity contribution < 1.29 is 9.18 Å². The maximum Gasteiger partial charge on any atom is 0.221 e. The molecule has 104 valence electrons. The predicted molar refractivity (Wildman–Crippen MR) is 72.0 cm³/mol. The topological polar surface area (TPSA) is 58.4 Å². The third-order valence-corrected chi connectivity index (χ3v) is 3.46. The van der Waals surface area contributed by atoms with Crippen LogP contribution >= 0.6 is 0 Å². The summed E-state index contributed by atoms with van der Waals surface area (Å²) >= 11 is 0. The lowest BCUT2D eigenvalue weighted by molar-refractivity contribution is -0.120. The van der Waals surface area contributed by atoms with E-state index in [0.717, 1.165) is 0 Å². The summed E-state index contributed by atoms with van der Waals surface area (Å²) in [5.41, 5.74) is 6.64. The lowest BCUT2D eigenvalue weighted by Crippen LogP contribution is -2.41. The third-order valence-electron chi connectivity index (χ3n) is 3.46. The Balaban J connectivity index is 2.25. The number of benzene rings is 1. The van der Waals surface area contributed by atoms with Crippen molar-refractivity contribution in [2.75, 3.05) is 19.6 Å². The van der Waals surface area contributed by atoms with E-state index >= 15 is 0 Å². The number of nitrogens with one attached hydrogen (secondary N) is 1. The van der Waals surface area contributed by atoms with Crippen LogP contribution in [0.2, 0.25) is 0 Å². The molecule has 1 fully saturated rings. The zero-order valence-corrected chi connectivity index (χ0v) is 11.1. The molecule has 0 aliphatic carbocycles. The van der Waals surface area contributed by atoms with Gasteiger partial charge in [0.15, 0.2) is 0 Å². The number of hydrogen-bond acceptors (Lipinski definition) is 3. The predicted octanol–water partition coefficient (Wildman–Crippen LogP) is 1.04. The van der Waals surface area contributed by atoms with Gasteiger partial charge < -0.3 is 11.1 Å². The lowest BCUT2D eigenvalue weighted by Gasteiger charge is -2.33. The SMILES string of the molecule is CC(N)C(c1ccccc1F)N1CCNC(=O)CC1. The van der Waals surface area contributed by atoms with E-state index < -0.39 is 0 Å². The molecule has 1 aliphatic heterocycles. The summed E-state index contributed by atoms with van der Waals surface area (Å²) < 4.78 is 14.0. The van der Waals surface area contributed by atoms with E-state index in [4.69, 9.17) is 5.73 Å². The van der Waals surface area contributed by atoms with Crippen LogP contribution in [-0.4, -0.2) is 36.5 Å². The summed E-state index contributed by atoms with van der Waals surface area (Å²) in [4.78, 5) is 13.5. The molecule has 2 rings (SSSR count). The van der Waals surface area contributed by atoms with Gasteiger partial charge in [-0.2, -0.15) is 0 Å². The molecule has 5 heteroatoms. The zero-order valence-electron chi connectivity index (χ0n) is 11.1. The largest absolute Gasteiger partial charge is 0.355 e. The number of nitrogens with two attached hydrogens (primary N) is 1. The normalized spacial score (nSPS) is 20.5. The standard InChI is InChI=1S/C14H20FN3O/c1-10(16)14(11-4-2-3-5-12(11)15)18-8-6-13(19)17-7-9-18/h2-5,10,14H,6-9,16H2,1H3,(H,17,19). The van der Waals surface area contributed by atoms with E-state index in [1.54, 1.807) is 12.1 Å². The van der Waals surface area contributed by atoms with Crippen LogP contribution in [-0.2, 0) is 4.79 Å². The fraction of sp³-hybridized carbons (Fsp3) is 0.500. The second-order valence-corrected chi connectivity index (χ2v) is 4.96. The summed E-state index contributed by atoms with van der Waals surface area (Å²) in [6, 6.07) is 6.30. The van der Waals surface area contributed by atoms with Gasteiger partial charge in [-0.15, -0.1) is 0 Å². The van der Waals surface area contributed by atoms with Crippen molar-refractivity contribution in [3.8, 4) is 0 Å². The van der Waals surface area contributed by atoms with E-state index in [0.29, 0.717) is 31.6 Å². The maximum atomic E-state index is 14.0. The first kappa shape index (κ1) is 14.0. The van der Waals surface area contributed by atoms with Crippen LogP contribution in [0.4, 0.5) is 4.39 Å². The Labute approximate surface area is 112 Å². The van der Waals surface area contributed by atoms with E-state index in [9.17, 15) is 9.18 Å². The number of hydrogen-bond donors (Lipinski definition) is 2. The van der Waals surface area contributed by atoms with Gasteiger partial charge in [-0.3, -0.25) is 9.69 Å². The minimum absolute atomic E-state index is 0.0412. The first-order valence-corrected chi connectivity index (χ1v) is 6.60. The molecule has 3 N–H and O–H groups in total. The molecule has 1 heterocycles. The first-order chi connectivity index (χ1) is 9.09. The van der Waals surface area contributed by atoms with Crippen LogP contribution in [0.5, 0.6) is 0 Å². The summed E-state index contributed by atoms with van der Waals surface area (Å²) in [6.45, 7) is 3.74. The molecule has 1 aromatic rings. The van der Waals surface area contributed by atoms with Crippen LogP contribution in [0.25, 0.3) is 0 Å². The molecule has 2 unspecified atom stereocenters. The van der Waals surface area contributed by atoms with Crippen LogP contribution in [0.3, 0.4) is 0 Å². The number of halogens is 1. The van der Waals surface area contributed by atoms with Gasteiger partial charge >= 0.3 is 0 Å². The van der Waals surface area contributed by atoms with Gasteiger partial charge in [-0.05, 0) is 13.0 Å². The summed E-state index contributed by atoms with van der Waals surface area (Å²) in [5, 5.41) is 2.82. The molecule has 1 saturated heterocycles. The molecule has 0 bridgehead atoms. The average molecular weight is 265 g/mol. The molecule has 0 aromatic heterocycles. The van der Waals surface area contributed by atoms with Gasteiger partial charge in [0.05, 0.1) is 6.04 Å². The third kappa shape index (κ3) is 3.30. The highest BCUT2D eigenvalue weighted by Gasteiger charge is 2.27. The molecule has 4 nitrogen and oxygen atoms in total. The van der Waals surface area contributed by atoms with Crippen molar-refractivity contribution in [3.63, 3.8) is 0 Å². The van der Waals surface area contributed by atoms with Gasteiger partial charge in [0.25, 0.3) is 0 Å². The van der Waals surface area contributed by atoms with E-state index in [1.165, 1.54) is 6.07 Å². The fourth-order valence-electron chi connectivity index (χ4n) is 2.59. The molecule has 2 atom stereocenters. The molecule has 0 spiro atoms. The zero-order chi connectivity index (χ0) is 13.8. The summed E-state index contributed by atoms with van der Waals surface area (Å²) in [5.74, 6) is -0.201. The van der Waals surface area contributed by atoms with Crippen molar-refractivity contribution in [1.29, 1.82) is 0 Å². The van der Waals surface area contributed by atoms with Crippen molar-refractivity contribution in [1.82, 2.24) is 10.2 Å². The highest BCUT2D eigenvalue weighted by molar-refractivity contribution is 5.76. The molecule has 0 radical (unpaired) electrons. The van der Waals surface area contributed by atoms with Gasteiger partial charge in [0, 0.05) is 37.7 Å². The minimum atomic E-state index is -0.242. The van der Waals surface area contributed by atoms with Crippen LogP contribution < -0.4 is 11.1 Å². The van der Waals surface area contributed by atoms with Crippen LogP contribution in [0.1, 0.15) is 24.9 Å². The quantitative estimate of drug-likeness (QED) is 0.858. The highest BCUT2D eigenvalue weighted by atomic mass is 19.1. The molecule has 1 aromatic carbocycles. The second-order valence-electron chi connectivity index (χ2n) is 4.96. The second kappa shape index (κ2) is 6.12. The Morgan fingerprint density at radius 2 is 2.11 bits per heavy atom. The van der Waals surface area contributed by atoms with E-state index in [1.807, 2.05) is 13.0 Å². The number of amides is 1. The Morgan fingerprint density at radius 1 is 1.37 bits per heavy atom. The van der Waals surface area contributed by atoms with Crippen molar-refractivity contribution in [2.24, 2.45) is 5.73 Å². The maximum absolute atomic E-state index is 14.0. The smallest absolute Gasteiger partial charge is 0.221 e. The number of rotatable bonds is 3. The summed E-state index contributed by atoms with van der Waals surface area (Å²) in [6.07, 6.45) is 0.428. The monoisotopic (exact) mass is 265 g/mol. The average Bonchev–Trinajstić information content (AvgIpc) is 2.57. The summed E-state index contributed by atoms with van der Waals surface area (Å²) in [7, 11) is 0. The number of carbonyl (C=O) groups is 1. The Morgan fingerprint density at radius 3 is 2.79 bits per heavy atom. The number of carbonyl (C=O) groups excluding carboxylic acids is 1. The number of nitrogens with zero attached hydrogens (tertiary/aromatic N) is 1. The minimum Gasteiger partial charge on any atom is -0.355 e. The van der Waals surface area contributed by atoms with Gasteiger partial charge in [0.2, 0.25) is 5.91 Å². The van der Waals surface area contributed by atoms with Crippen molar-refractivity contribution in [2.45, 2.75) is 25.4 Å². The van der Waals surface area contributed by atoms with E-state index in [-0.39, 0.29) is 23.8 Å². The van der Waals surface area contributed by atoms with Gasteiger partial charge in [-0.25, -0.2) is 4.39 Å². The van der Waals surface area contributed by atoms with Crippen molar-refractivity contribution in [3.05, 3.63) is 35.6 Å². The molecule has 0 saturated carbocycles. The molecule has 1 aliphatic rings. The first-order valence-electron chi connectivity index (χ1n) is 6.60. The fourth-order valence-corrected chi connectivity index (χ4v) is 2.59. The van der Waals surface area contributed by atoms with Crippen LogP contribution in [0, 0.1) is 5.82 Å². The molecular formula is C14H20FN3O. The Kier molecular flexibility index (Phi) is 4.50. The van der Waals surface area contributed by atoms with E-state index in [2.05, 4.69) is 10.2 Å². The molecular weight excluding hydrogens is 245 g/mol. The lowest BCUT2D eigenvalue weighted by atomic mass is 9.98.